The fraction of sp³-hybridized carbons (Fsp3) is 0.533. The summed E-state index contributed by atoms with van der Waals surface area (Å²) in [6, 6.07) is 3.70. The molecule has 2 N–H and O–H groups in total. The Hall–Kier alpha value is -1.30. The summed E-state index contributed by atoms with van der Waals surface area (Å²) in [4.78, 5) is 2.16. The highest BCUT2D eigenvalue weighted by molar-refractivity contribution is 7.80. The molecule has 3 rings (SSSR count). The first-order valence-electron chi connectivity index (χ1n) is 7.12. The van der Waals surface area contributed by atoms with Crippen molar-refractivity contribution in [3.63, 3.8) is 0 Å². The van der Waals surface area contributed by atoms with E-state index in [9.17, 15) is 13.2 Å². The summed E-state index contributed by atoms with van der Waals surface area (Å²) in [5, 5.41) is 0. The van der Waals surface area contributed by atoms with Crippen LogP contribution in [0.2, 0.25) is 0 Å². The molecule has 1 aliphatic heterocycles. The molecule has 1 aliphatic carbocycles. The van der Waals surface area contributed by atoms with Gasteiger partial charge in [0.25, 0.3) is 0 Å². The molecule has 1 heterocycles. The highest BCUT2D eigenvalue weighted by atomic mass is 32.1. The Morgan fingerprint density at radius 3 is 2.33 bits per heavy atom. The molecule has 0 amide bonds. The van der Waals surface area contributed by atoms with E-state index in [1.165, 1.54) is 25.3 Å². The number of nitrogens with two attached hydrogens (primary N) is 1. The first kappa shape index (κ1) is 14.6. The highest BCUT2D eigenvalue weighted by Crippen LogP contribution is 2.41. The van der Waals surface area contributed by atoms with Gasteiger partial charge >= 0.3 is 6.18 Å². The lowest BCUT2D eigenvalue weighted by atomic mass is 10.0. The van der Waals surface area contributed by atoms with E-state index in [0.717, 1.165) is 30.9 Å². The first-order valence-corrected chi connectivity index (χ1v) is 7.53. The van der Waals surface area contributed by atoms with Crippen LogP contribution >= 0.6 is 12.2 Å². The lowest BCUT2D eigenvalue weighted by molar-refractivity contribution is -0.137. The largest absolute Gasteiger partial charge is 0.416 e. The molecule has 1 saturated heterocycles. The third kappa shape index (κ3) is 2.73. The maximum Gasteiger partial charge on any atom is 0.416 e. The highest BCUT2D eigenvalue weighted by Gasteiger charge is 2.37. The van der Waals surface area contributed by atoms with E-state index in [1.807, 2.05) is 0 Å². The Balaban J connectivity index is 1.93. The molecule has 0 bridgehead atoms. The maximum absolute atomic E-state index is 12.8. The number of hydrogen-bond donors (Lipinski definition) is 1. The normalized spacial score (nSPS) is 25.2. The van der Waals surface area contributed by atoms with Crippen LogP contribution in [0.25, 0.3) is 0 Å². The van der Waals surface area contributed by atoms with Gasteiger partial charge in [-0.1, -0.05) is 18.6 Å². The van der Waals surface area contributed by atoms with Gasteiger partial charge in [-0.25, -0.2) is 0 Å². The van der Waals surface area contributed by atoms with E-state index in [-0.39, 0.29) is 4.99 Å². The van der Waals surface area contributed by atoms with Crippen LogP contribution in [-0.4, -0.2) is 18.1 Å². The number of anilines is 1. The lowest BCUT2D eigenvalue weighted by Crippen LogP contribution is -2.25. The Bertz CT molecular complexity index is 559. The molecule has 6 heteroatoms. The van der Waals surface area contributed by atoms with Crippen molar-refractivity contribution in [1.82, 2.24) is 0 Å². The smallest absolute Gasteiger partial charge is 0.389 e. The maximum atomic E-state index is 12.8. The van der Waals surface area contributed by atoms with E-state index in [2.05, 4.69) is 4.90 Å². The molecule has 114 valence electrons. The lowest BCUT2D eigenvalue weighted by Gasteiger charge is -2.23. The van der Waals surface area contributed by atoms with Crippen molar-refractivity contribution in [3.8, 4) is 0 Å². The predicted octanol–water partition coefficient (Wildman–Crippen LogP) is 3.58. The molecule has 0 aromatic heterocycles. The third-order valence-corrected chi connectivity index (χ3v) is 4.88. The zero-order chi connectivity index (χ0) is 15.2. The summed E-state index contributed by atoms with van der Waals surface area (Å²) in [5.74, 6) is 1.32. The van der Waals surface area contributed by atoms with Crippen molar-refractivity contribution in [2.75, 3.05) is 18.0 Å². The van der Waals surface area contributed by atoms with Gasteiger partial charge in [0.15, 0.2) is 0 Å². The monoisotopic (exact) mass is 314 g/mol. The molecule has 1 aromatic carbocycles. The molecule has 2 fully saturated rings. The minimum atomic E-state index is -4.38. The van der Waals surface area contributed by atoms with Gasteiger partial charge in [0.1, 0.15) is 4.99 Å². The first-order chi connectivity index (χ1) is 9.86. The predicted molar refractivity (Wildman–Crippen MR) is 80.4 cm³/mol. The molecule has 1 saturated carbocycles. The van der Waals surface area contributed by atoms with Gasteiger partial charge in [0.05, 0.1) is 5.56 Å². The zero-order valence-electron chi connectivity index (χ0n) is 11.5. The van der Waals surface area contributed by atoms with Gasteiger partial charge in [0, 0.05) is 24.3 Å². The van der Waals surface area contributed by atoms with Crippen LogP contribution in [0.15, 0.2) is 18.2 Å². The second-order valence-corrected chi connectivity index (χ2v) is 6.39. The van der Waals surface area contributed by atoms with Crippen LogP contribution in [-0.2, 0) is 6.18 Å². The van der Waals surface area contributed by atoms with Crippen LogP contribution in [0.5, 0.6) is 0 Å². The van der Waals surface area contributed by atoms with Gasteiger partial charge in [0.2, 0.25) is 0 Å². The Morgan fingerprint density at radius 1 is 1.19 bits per heavy atom. The Labute approximate surface area is 127 Å². The molecular weight excluding hydrogens is 297 g/mol. The van der Waals surface area contributed by atoms with Crippen LogP contribution < -0.4 is 10.6 Å². The number of hydrogen-bond acceptors (Lipinski definition) is 2. The number of fused-ring (bicyclic) bond motifs is 1. The van der Waals surface area contributed by atoms with Crippen molar-refractivity contribution >= 4 is 22.9 Å². The average molecular weight is 314 g/mol. The van der Waals surface area contributed by atoms with Crippen molar-refractivity contribution in [2.24, 2.45) is 17.6 Å². The molecule has 0 spiro atoms. The SMILES string of the molecule is NC(=S)c1cc(C(F)(F)F)ccc1N1CC2CCCC2C1. The molecule has 2 atom stereocenters. The van der Waals surface area contributed by atoms with Gasteiger partial charge in [-0.15, -0.1) is 0 Å². The number of nitrogens with zero attached hydrogens (tertiary/aromatic N) is 1. The second kappa shape index (κ2) is 5.16. The molecule has 21 heavy (non-hydrogen) atoms. The Morgan fingerprint density at radius 2 is 1.81 bits per heavy atom. The summed E-state index contributed by atoms with van der Waals surface area (Å²) in [6.45, 7) is 1.79. The number of halogens is 3. The molecular formula is C15H17F3N2S. The molecule has 2 unspecified atom stereocenters. The van der Waals surface area contributed by atoms with E-state index < -0.39 is 11.7 Å². The summed E-state index contributed by atoms with van der Waals surface area (Å²) < 4.78 is 38.5. The van der Waals surface area contributed by atoms with E-state index >= 15 is 0 Å². The number of alkyl halides is 3. The van der Waals surface area contributed by atoms with E-state index in [4.69, 9.17) is 18.0 Å². The van der Waals surface area contributed by atoms with Crippen molar-refractivity contribution in [3.05, 3.63) is 29.3 Å². The second-order valence-electron chi connectivity index (χ2n) is 5.95. The molecule has 2 aliphatic rings. The van der Waals surface area contributed by atoms with Crippen LogP contribution in [0.1, 0.15) is 30.4 Å². The summed E-state index contributed by atoms with van der Waals surface area (Å²) >= 11 is 4.95. The molecule has 1 aromatic rings. The Kier molecular flexibility index (Phi) is 3.59. The van der Waals surface area contributed by atoms with Gasteiger partial charge in [-0.3, -0.25) is 0 Å². The van der Waals surface area contributed by atoms with Gasteiger partial charge < -0.3 is 10.6 Å². The number of thiocarbonyl (C=S) groups is 1. The third-order valence-electron chi connectivity index (χ3n) is 4.66. The van der Waals surface area contributed by atoms with Crippen LogP contribution in [0.4, 0.5) is 18.9 Å². The fourth-order valence-corrected chi connectivity index (χ4v) is 3.78. The van der Waals surface area contributed by atoms with Crippen LogP contribution in [0, 0.1) is 11.8 Å². The zero-order valence-corrected chi connectivity index (χ0v) is 12.3. The summed E-state index contributed by atoms with van der Waals surface area (Å²) in [6.07, 6.45) is -0.688. The number of rotatable bonds is 2. The molecule has 2 nitrogen and oxygen atoms in total. The molecule has 0 radical (unpaired) electrons. The quantitative estimate of drug-likeness (QED) is 0.846. The van der Waals surface area contributed by atoms with Crippen LogP contribution in [0.3, 0.4) is 0 Å². The summed E-state index contributed by atoms with van der Waals surface area (Å²) in [7, 11) is 0. The van der Waals surface area contributed by atoms with Crippen molar-refractivity contribution < 1.29 is 13.2 Å². The standard InChI is InChI=1S/C15H17F3N2S/c16-15(17,18)11-4-5-13(12(6-11)14(19)21)20-7-9-2-1-3-10(9)8-20/h4-6,9-10H,1-3,7-8H2,(H2,19,21). The minimum Gasteiger partial charge on any atom is -0.389 e. The summed E-state index contributed by atoms with van der Waals surface area (Å²) in [5.41, 5.74) is 6.02. The van der Waals surface area contributed by atoms with Gasteiger partial charge in [-0.2, -0.15) is 13.2 Å². The van der Waals surface area contributed by atoms with Gasteiger partial charge in [-0.05, 0) is 42.9 Å². The average Bonchev–Trinajstić information content (AvgIpc) is 2.97. The minimum absolute atomic E-state index is 0.0214. The van der Waals surface area contributed by atoms with Crippen molar-refractivity contribution in [1.29, 1.82) is 0 Å². The van der Waals surface area contributed by atoms with Crippen molar-refractivity contribution in [2.45, 2.75) is 25.4 Å². The van der Waals surface area contributed by atoms with E-state index in [0.29, 0.717) is 17.4 Å². The fourth-order valence-electron chi connectivity index (χ4n) is 3.62. The topological polar surface area (TPSA) is 29.3 Å². The number of benzene rings is 1. The van der Waals surface area contributed by atoms with E-state index in [1.54, 1.807) is 0 Å².